The van der Waals surface area contributed by atoms with Crippen LogP contribution in [0.15, 0.2) is 121 Å². The fourth-order valence-electron chi connectivity index (χ4n) is 5.10. The summed E-state index contributed by atoms with van der Waals surface area (Å²) in [6.45, 7) is 17.2. The Hall–Kier alpha value is -4.42. The predicted octanol–water partition coefficient (Wildman–Crippen LogP) is 9.56. The third-order valence-electron chi connectivity index (χ3n) is 6.92. The molecule has 0 bridgehead atoms. The lowest BCUT2D eigenvalue weighted by Gasteiger charge is -2.18. The van der Waals surface area contributed by atoms with Gasteiger partial charge < -0.3 is 0 Å². The first-order chi connectivity index (χ1) is 18.5. The Morgan fingerprint density at radius 3 is 1.74 bits per heavy atom. The molecule has 0 unspecified atom stereocenters. The molecule has 0 aliphatic rings. The van der Waals surface area contributed by atoms with Gasteiger partial charge in [0.1, 0.15) is 0 Å². The van der Waals surface area contributed by atoms with Crippen LogP contribution in [-0.4, -0.2) is 0 Å². The molecular weight excluding hydrogens is 456 g/mol. The Morgan fingerprint density at radius 2 is 1.18 bits per heavy atom. The molecule has 0 atom stereocenters. The summed E-state index contributed by atoms with van der Waals surface area (Å²) < 4.78 is 0. The van der Waals surface area contributed by atoms with Gasteiger partial charge in [0.05, 0.1) is 0 Å². The SMILES string of the molecule is C=c1ccccc(=C)c(-c2c3ccccc3c(C(/C=C\C)=C/C)c3ccccc23)ccc1/C(C)=C/C=C\C. The highest BCUT2D eigenvalue weighted by Gasteiger charge is 2.16. The Kier molecular flexibility index (Phi) is 8.56. The van der Waals surface area contributed by atoms with E-state index in [0.717, 1.165) is 27.1 Å². The van der Waals surface area contributed by atoms with Gasteiger partial charge in [-0.05, 0) is 93.1 Å². The molecule has 0 heterocycles. The normalized spacial score (nSPS) is 12.5. The van der Waals surface area contributed by atoms with E-state index in [2.05, 4.69) is 143 Å². The van der Waals surface area contributed by atoms with Gasteiger partial charge >= 0.3 is 0 Å². The van der Waals surface area contributed by atoms with E-state index in [-0.39, 0.29) is 0 Å². The van der Waals surface area contributed by atoms with E-state index in [1.165, 1.54) is 38.2 Å². The third-order valence-corrected chi connectivity index (χ3v) is 6.92. The van der Waals surface area contributed by atoms with Crippen molar-refractivity contribution in [3.05, 3.63) is 143 Å². The van der Waals surface area contributed by atoms with Gasteiger partial charge in [-0.1, -0.05) is 135 Å². The summed E-state index contributed by atoms with van der Waals surface area (Å²) in [5.74, 6) is 0. The van der Waals surface area contributed by atoms with Crippen LogP contribution in [0, 0.1) is 0 Å². The van der Waals surface area contributed by atoms with Crippen molar-refractivity contribution in [2.75, 3.05) is 0 Å². The summed E-state index contributed by atoms with van der Waals surface area (Å²) in [4.78, 5) is 0. The zero-order valence-corrected chi connectivity index (χ0v) is 23.0. The molecule has 0 spiro atoms. The fourth-order valence-corrected chi connectivity index (χ4v) is 5.10. The van der Waals surface area contributed by atoms with Crippen LogP contribution in [0.25, 0.3) is 57.0 Å². The Balaban J connectivity index is 2.23. The smallest absolute Gasteiger partial charge is 0.00206 e. The van der Waals surface area contributed by atoms with Gasteiger partial charge in [0.15, 0.2) is 0 Å². The molecule has 0 nitrogen and oxygen atoms in total. The first kappa shape index (κ1) is 26.6. The molecule has 188 valence electrons. The zero-order valence-electron chi connectivity index (χ0n) is 23.0. The van der Waals surface area contributed by atoms with E-state index >= 15 is 0 Å². The summed E-state index contributed by atoms with van der Waals surface area (Å²) in [6.07, 6.45) is 12.8. The maximum atomic E-state index is 4.51. The van der Waals surface area contributed by atoms with Crippen LogP contribution in [0.1, 0.15) is 38.8 Å². The second kappa shape index (κ2) is 12.2. The maximum absolute atomic E-state index is 4.51. The number of rotatable bonds is 5. The molecule has 0 aromatic heterocycles. The molecule has 0 aliphatic carbocycles. The number of fused-ring (bicyclic) bond motifs is 2. The molecule has 4 aromatic carbocycles. The number of hydrogen-bond donors (Lipinski definition) is 0. The average Bonchev–Trinajstić information content (AvgIpc) is 2.94. The van der Waals surface area contributed by atoms with Gasteiger partial charge in [-0.2, -0.15) is 0 Å². The van der Waals surface area contributed by atoms with Crippen molar-refractivity contribution in [1.29, 1.82) is 0 Å². The van der Waals surface area contributed by atoms with Crippen LogP contribution in [0.4, 0.5) is 0 Å². The summed E-state index contributed by atoms with van der Waals surface area (Å²) in [5.41, 5.74) is 7.06. The van der Waals surface area contributed by atoms with Gasteiger partial charge in [0, 0.05) is 0 Å². The van der Waals surface area contributed by atoms with Gasteiger partial charge in [-0.25, -0.2) is 0 Å². The second-order valence-corrected chi connectivity index (χ2v) is 9.39. The number of hydrogen-bond acceptors (Lipinski definition) is 0. The van der Waals surface area contributed by atoms with E-state index in [1.807, 2.05) is 19.1 Å². The predicted molar refractivity (Wildman–Crippen MR) is 172 cm³/mol. The van der Waals surface area contributed by atoms with Crippen LogP contribution in [-0.2, 0) is 0 Å². The Morgan fingerprint density at radius 1 is 0.632 bits per heavy atom. The lowest BCUT2D eigenvalue weighted by molar-refractivity contribution is 1.52. The quantitative estimate of drug-likeness (QED) is 0.192. The van der Waals surface area contributed by atoms with Crippen molar-refractivity contribution >= 4 is 45.8 Å². The van der Waals surface area contributed by atoms with Crippen LogP contribution in [0.3, 0.4) is 0 Å². The minimum Gasteiger partial charge on any atom is -0.0912 e. The monoisotopic (exact) mass is 492 g/mol. The molecule has 0 aliphatic heterocycles. The lowest BCUT2D eigenvalue weighted by atomic mass is 9.85. The summed E-state index contributed by atoms with van der Waals surface area (Å²) >= 11 is 0. The Labute approximate surface area is 227 Å². The fraction of sp³-hybridized carbons (Fsp3) is 0.105. The maximum Gasteiger partial charge on any atom is -0.00206 e. The number of benzene rings is 3. The van der Waals surface area contributed by atoms with Crippen LogP contribution < -0.4 is 10.4 Å². The highest BCUT2D eigenvalue weighted by molar-refractivity contribution is 6.19. The molecule has 0 saturated carbocycles. The van der Waals surface area contributed by atoms with E-state index in [1.54, 1.807) is 0 Å². The van der Waals surface area contributed by atoms with Crippen molar-refractivity contribution in [2.45, 2.75) is 27.7 Å². The zero-order chi connectivity index (χ0) is 27.1. The molecule has 0 heteroatoms. The van der Waals surface area contributed by atoms with Crippen molar-refractivity contribution in [1.82, 2.24) is 0 Å². The lowest BCUT2D eigenvalue weighted by Crippen LogP contribution is -2.04. The molecular formula is C38H36. The van der Waals surface area contributed by atoms with Gasteiger partial charge in [0.2, 0.25) is 0 Å². The molecule has 0 saturated heterocycles. The molecule has 0 N–H and O–H groups in total. The molecule has 38 heavy (non-hydrogen) atoms. The summed E-state index contributed by atoms with van der Waals surface area (Å²) in [6, 6.07) is 30.1. The van der Waals surface area contributed by atoms with Crippen LogP contribution in [0.2, 0.25) is 0 Å². The minimum absolute atomic E-state index is 0.968. The van der Waals surface area contributed by atoms with E-state index < -0.39 is 0 Å². The second-order valence-electron chi connectivity index (χ2n) is 9.39. The Bertz CT molecular complexity index is 1720. The van der Waals surface area contributed by atoms with Crippen molar-refractivity contribution < 1.29 is 0 Å². The van der Waals surface area contributed by atoms with E-state index in [0.29, 0.717) is 0 Å². The molecule has 0 amide bonds. The highest BCUT2D eigenvalue weighted by atomic mass is 14.2. The van der Waals surface area contributed by atoms with Crippen LogP contribution >= 0.6 is 0 Å². The van der Waals surface area contributed by atoms with Crippen molar-refractivity contribution in [3.63, 3.8) is 0 Å². The molecule has 0 fully saturated rings. The first-order valence-electron chi connectivity index (χ1n) is 13.2. The first-order valence-corrected chi connectivity index (χ1v) is 13.2. The average molecular weight is 493 g/mol. The summed E-state index contributed by atoms with van der Waals surface area (Å²) in [7, 11) is 0. The van der Waals surface area contributed by atoms with Gasteiger partial charge in [0.25, 0.3) is 0 Å². The van der Waals surface area contributed by atoms with Crippen LogP contribution in [0.5, 0.6) is 0 Å². The van der Waals surface area contributed by atoms with E-state index in [4.69, 9.17) is 0 Å². The van der Waals surface area contributed by atoms with Gasteiger partial charge in [-0.15, -0.1) is 0 Å². The molecule has 0 radical (unpaired) electrons. The topological polar surface area (TPSA) is 0 Å². The molecule has 4 aromatic rings. The molecule has 4 rings (SSSR count). The minimum atomic E-state index is 0.968. The van der Waals surface area contributed by atoms with Crippen molar-refractivity contribution in [2.24, 2.45) is 0 Å². The van der Waals surface area contributed by atoms with Gasteiger partial charge in [-0.3, -0.25) is 0 Å². The van der Waals surface area contributed by atoms with E-state index in [9.17, 15) is 0 Å². The number of allylic oxidation sites excluding steroid dienone is 8. The van der Waals surface area contributed by atoms with Crippen molar-refractivity contribution in [3.8, 4) is 11.1 Å². The highest BCUT2D eigenvalue weighted by Crippen LogP contribution is 2.41. The third kappa shape index (κ3) is 5.31. The largest absolute Gasteiger partial charge is 0.0912 e. The summed E-state index contributed by atoms with van der Waals surface area (Å²) in [5, 5.41) is 6.85. The standard InChI is InChI=1S/C38H36/c1-7-10-18-27(4)31-25-26-32(29(6)20-12-11-19-28(31)5)38-35-23-15-13-21-33(35)37(30(9-3)17-8-2)34-22-14-16-24-36(34)38/h7-26H,5-6H2,1-4H3/b10-7-,17-8-,19-11?,20-12?,27-18+,30-9+,31-25?,32-26?.